The van der Waals surface area contributed by atoms with Crippen molar-refractivity contribution in [2.75, 3.05) is 18.4 Å². The SMILES string of the molecule is CC(=O)N1CC[C@H](Nc2nc(OC(F)F)c3c(-c4ccc5ncccc5c4)ccn3n2)[C@H](F)C1.[HH]. The van der Waals surface area contributed by atoms with Crippen molar-refractivity contribution in [1.82, 2.24) is 24.5 Å². The normalized spacial score (nSPS) is 18.6. The van der Waals surface area contributed by atoms with Gasteiger partial charge in [-0.3, -0.25) is 9.78 Å². The summed E-state index contributed by atoms with van der Waals surface area (Å²) in [6.45, 7) is -1.40. The minimum atomic E-state index is -3.11. The fourth-order valence-corrected chi connectivity index (χ4v) is 4.22. The summed E-state index contributed by atoms with van der Waals surface area (Å²) in [5.41, 5.74) is 2.42. The lowest BCUT2D eigenvalue weighted by atomic mass is 10.0. The van der Waals surface area contributed by atoms with Gasteiger partial charge in [-0.2, -0.15) is 13.8 Å². The van der Waals surface area contributed by atoms with Crippen LogP contribution in [0.4, 0.5) is 19.1 Å². The summed E-state index contributed by atoms with van der Waals surface area (Å²) in [6, 6.07) is 10.3. The van der Waals surface area contributed by atoms with Crippen molar-refractivity contribution >= 4 is 28.3 Å². The number of alkyl halides is 3. The van der Waals surface area contributed by atoms with Gasteiger partial charge in [0.2, 0.25) is 17.7 Å². The Hall–Kier alpha value is -3.89. The van der Waals surface area contributed by atoms with Crippen LogP contribution in [0.15, 0.2) is 48.8 Å². The van der Waals surface area contributed by atoms with Gasteiger partial charge in [-0.25, -0.2) is 8.91 Å². The molecule has 1 amide bonds. The molecule has 4 heterocycles. The Labute approximate surface area is 193 Å². The summed E-state index contributed by atoms with van der Waals surface area (Å²) in [7, 11) is 0. The van der Waals surface area contributed by atoms with E-state index in [2.05, 4.69) is 20.4 Å². The first-order chi connectivity index (χ1) is 16.4. The van der Waals surface area contributed by atoms with Crippen LogP contribution < -0.4 is 10.1 Å². The van der Waals surface area contributed by atoms with Crippen LogP contribution in [-0.4, -0.2) is 62.3 Å². The lowest BCUT2D eigenvalue weighted by molar-refractivity contribution is -0.131. The number of ether oxygens (including phenoxy) is 1. The van der Waals surface area contributed by atoms with E-state index >= 15 is 0 Å². The molecule has 1 aliphatic rings. The molecule has 4 aromatic rings. The summed E-state index contributed by atoms with van der Waals surface area (Å²) in [6.07, 6.45) is 2.27. The lowest BCUT2D eigenvalue weighted by Gasteiger charge is -2.34. The number of pyridine rings is 1. The monoisotopic (exact) mass is 472 g/mol. The van der Waals surface area contributed by atoms with Crippen molar-refractivity contribution in [1.29, 1.82) is 0 Å². The van der Waals surface area contributed by atoms with Crippen LogP contribution in [0.3, 0.4) is 0 Å². The van der Waals surface area contributed by atoms with Crippen LogP contribution in [0.2, 0.25) is 0 Å². The number of fused-ring (bicyclic) bond motifs is 2. The highest BCUT2D eigenvalue weighted by Gasteiger charge is 2.31. The molecule has 0 saturated carbocycles. The van der Waals surface area contributed by atoms with E-state index in [1.165, 1.54) is 16.3 Å². The van der Waals surface area contributed by atoms with Gasteiger partial charge in [0.25, 0.3) is 0 Å². The van der Waals surface area contributed by atoms with E-state index in [-0.39, 0.29) is 31.2 Å². The molecule has 0 aliphatic carbocycles. The predicted octanol–water partition coefficient (Wildman–Crippen LogP) is 4.16. The highest BCUT2D eigenvalue weighted by Crippen LogP contribution is 2.34. The first kappa shape index (κ1) is 21.9. The van der Waals surface area contributed by atoms with Crippen LogP contribution in [0, 0.1) is 0 Å². The first-order valence-corrected chi connectivity index (χ1v) is 10.7. The largest absolute Gasteiger partial charge is 0.414 e. The van der Waals surface area contributed by atoms with Crippen LogP contribution >= 0.6 is 0 Å². The number of rotatable bonds is 5. The van der Waals surface area contributed by atoms with Crippen LogP contribution in [0.25, 0.3) is 27.5 Å². The molecule has 1 aliphatic heterocycles. The molecule has 8 nitrogen and oxygen atoms in total. The zero-order valence-corrected chi connectivity index (χ0v) is 18.2. The molecule has 1 N–H and O–H groups in total. The molecule has 5 rings (SSSR count). The van der Waals surface area contributed by atoms with Gasteiger partial charge in [0.05, 0.1) is 18.1 Å². The lowest BCUT2D eigenvalue weighted by Crippen LogP contribution is -2.49. The van der Waals surface area contributed by atoms with Gasteiger partial charge >= 0.3 is 6.61 Å². The predicted molar refractivity (Wildman–Crippen MR) is 122 cm³/mol. The maximum atomic E-state index is 14.6. The van der Waals surface area contributed by atoms with Crippen molar-refractivity contribution in [3.63, 3.8) is 0 Å². The standard InChI is InChI=1S/C23H21F3N6O2.H2/c1-13(33)31-9-7-19(17(24)12-31)28-23-29-21(34-22(25)26)20-16(6-10-32(20)30-23)14-4-5-18-15(11-14)3-2-8-27-18;/h2-6,8,10-11,17,19,22H,7,9,12H2,1H3,(H,28,30);1H/t17-,19+;/m1./s1. The summed E-state index contributed by atoms with van der Waals surface area (Å²) >= 11 is 0. The summed E-state index contributed by atoms with van der Waals surface area (Å²) in [5.74, 6) is -0.567. The fraction of sp³-hybridized carbons (Fsp3) is 0.304. The van der Waals surface area contributed by atoms with Crippen LogP contribution in [0.1, 0.15) is 14.8 Å². The third-order valence-corrected chi connectivity index (χ3v) is 5.90. The molecule has 0 bridgehead atoms. The Balaban J connectivity index is 0.00000289. The van der Waals surface area contributed by atoms with E-state index in [0.717, 1.165) is 16.5 Å². The Morgan fingerprint density at radius 1 is 1.29 bits per heavy atom. The number of nitrogens with one attached hydrogen (secondary N) is 1. The zero-order valence-electron chi connectivity index (χ0n) is 18.2. The number of carbonyl (C=O) groups is 1. The van der Waals surface area contributed by atoms with Crippen molar-refractivity contribution in [3.05, 3.63) is 48.8 Å². The molecule has 0 spiro atoms. The smallest absolute Gasteiger partial charge is 0.388 e. The highest BCUT2D eigenvalue weighted by molar-refractivity contribution is 5.90. The average Bonchev–Trinajstić information content (AvgIpc) is 3.24. The van der Waals surface area contributed by atoms with Gasteiger partial charge in [-0.05, 0) is 36.2 Å². The minimum absolute atomic E-state index is 0. The molecule has 178 valence electrons. The molecule has 34 heavy (non-hydrogen) atoms. The van der Waals surface area contributed by atoms with Gasteiger partial charge in [0.1, 0.15) is 11.7 Å². The number of hydrogen-bond acceptors (Lipinski definition) is 6. The molecule has 2 atom stereocenters. The number of hydrogen-bond donors (Lipinski definition) is 1. The minimum Gasteiger partial charge on any atom is -0.414 e. The summed E-state index contributed by atoms with van der Waals surface area (Å²) in [4.78, 5) is 21.4. The number of likely N-dealkylation sites (tertiary alicyclic amines) is 1. The highest BCUT2D eigenvalue weighted by atomic mass is 19.3. The molecule has 1 saturated heterocycles. The summed E-state index contributed by atoms with van der Waals surface area (Å²) in [5, 5.41) is 8.11. The molecule has 1 fully saturated rings. The Morgan fingerprint density at radius 2 is 2.15 bits per heavy atom. The van der Waals surface area contributed by atoms with Crippen molar-refractivity contribution in [2.45, 2.75) is 32.2 Å². The van der Waals surface area contributed by atoms with Gasteiger partial charge < -0.3 is 15.0 Å². The number of benzene rings is 1. The number of piperidine rings is 1. The first-order valence-electron chi connectivity index (χ1n) is 10.7. The number of aromatic nitrogens is 4. The number of halogens is 3. The maximum Gasteiger partial charge on any atom is 0.388 e. The van der Waals surface area contributed by atoms with Crippen LogP contribution in [-0.2, 0) is 4.79 Å². The molecule has 3 aromatic heterocycles. The third kappa shape index (κ3) is 4.20. The van der Waals surface area contributed by atoms with Crippen molar-refractivity contribution in [2.24, 2.45) is 0 Å². The van der Waals surface area contributed by atoms with Gasteiger partial charge in [0.15, 0.2) is 0 Å². The van der Waals surface area contributed by atoms with Crippen molar-refractivity contribution in [3.8, 4) is 17.0 Å². The molecule has 0 unspecified atom stereocenters. The van der Waals surface area contributed by atoms with Gasteiger partial charge in [-0.1, -0.05) is 12.1 Å². The number of anilines is 1. The van der Waals surface area contributed by atoms with E-state index in [1.54, 1.807) is 18.5 Å². The third-order valence-electron chi connectivity index (χ3n) is 5.90. The molecule has 0 radical (unpaired) electrons. The van der Waals surface area contributed by atoms with E-state index in [9.17, 15) is 18.0 Å². The second-order valence-electron chi connectivity index (χ2n) is 8.07. The molecule has 11 heteroatoms. The Morgan fingerprint density at radius 3 is 2.91 bits per heavy atom. The summed E-state index contributed by atoms with van der Waals surface area (Å²) < 4.78 is 47.3. The maximum absolute atomic E-state index is 14.6. The van der Waals surface area contributed by atoms with E-state index in [0.29, 0.717) is 18.5 Å². The Kier molecular flexibility index (Phi) is 5.68. The molecular formula is C23H23F3N6O2. The number of amides is 1. The average molecular weight is 472 g/mol. The van der Waals surface area contributed by atoms with E-state index in [4.69, 9.17) is 4.74 Å². The zero-order chi connectivity index (χ0) is 23.8. The van der Waals surface area contributed by atoms with E-state index in [1.807, 2.05) is 30.3 Å². The second-order valence-corrected chi connectivity index (χ2v) is 8.07. The Bertz CT molecular complexity index is 1370. The quantitative estimate of drug-likeness (QED) is 0.470. The van der Waals surface area contributed by atoms with Gasteiger partial charge in [-0.15, -0.1) is 5.10 Å². The number of carbonyl (C=O) groups excluding carboxylic acids is 1. The van der Waals surface area contributed by atoms with Crippen LogP contribution in [0.5, 0.6) is 5.88 Å². The second kappa shape index (κ2) is 8.81. The fourth-order valence-electron chi connectivity index (χ4n) is 4.22. The number of nitrogens with zero attached hydrogens (tertiary/aromatic N) is 5. The molecular weight excluding hydrogens is 449 g/mol. The van der Waals surface area contributed by atoms with Crippen molar-refractivity contribution < 1.29 is 24.1 Å². The molecule has 1 aromatic carbocycles. The topological polar surface area (TPSA) is 84.7 Å². The van der Waals surface area contributed by atoms with Gasteiger partial charge in [0, 0.05) is 38.2 Å². The van der Waals surface area contributed by atoms with E-state index < -0.39 is 18.8 Å².